The molecule has 1 fully saturated rings. The topological polar surface area (TPSA) is 12.0 Å². The molecule has 0 spiro atoms. The minimum atomic E-state index is 0.835. The Bertz CT molecular complexity index is 112. The lowest BCUT2D eigenvalue weighted by molar-refractivity contribution is 0.421. The fraction of sp³-hybridized carbons (Fsp3) is 1.00. The van der Waals surface area contributed by atoms with E-state index >= 15 is 0 Å². The Labute approximate surface area is 76.9 Å². The predicted molar refractivity (Wildman–Crippen MR) is 54.3 cm³/mol. The van der Waals surface area contributed by atoms with Crippen molar-refractivity contribution in [3.05, 3.63) is 0 Å². The summed E-state index contributed by atoms with van der Waals surface area (Å²) in [6, 6.07) is 0.835. The summed E-state index contributed by atoms with van der Waals surface area (Å²) < 4.78 is 0. The van der Waals surface area contributed by atoms with Gasteiger partial charge in [0.05, 0.1) is 0 Å². The number of hydrogen-bond donors (Lipinski definition) is 1. The van der Waals surface area contributed by atoms with Gasteiger partial charge in [-0.25, -0.2) is 0 Å². The third-order valence-electron chi connectivity index (χ3n) is 3.05. The molecule has 1 aliphatic carbocycles. The summed E-state index contributed by atoms with van der Waals surface area (Å²) in [5, 5.41) is 3.67. The van der Waals surface area contributed by atoms with E-state index < -0.39 is 0 Å². The second-order valence-corrected chi connectivity index (χ2v) is 4.18. The van der Waals surface area contributed by atoms with E-state index in [1.165, 1.54) is 45.1 Å². The highest BCUT2D eigenvalue weighted by molar-refractivity contribution is 4.79. The van der Waals surface area contributed by atoms with Crippen LogP contribution in [0.25, 0.3) is 0 Å². The minimum absolute atomic E-state index is 0.835. The summed E-state index contributed by atoms with van der Waals surface area (Å²) in [6.45, 7) is 5.88. The van der Waals surface area contributed by atoms with E-state index in [1.807, 2.05) is 0 Å². The zero-order valence-electron chi connectivity index (χ0n) is 8.60. The van der Waals surface area contributed by atoms with Crippen LogP contribution >= 0.6 is 0 Å². The van der Waals surface area contributed by atoms with Crippen LogP contribution in [0.4, 0.5) is 0 Å². The van der Waals surface area contributed by atoms with Crippen LogP contribution in [-0.4, -0.2) is 12.6 Å². The van der Waals surface area contributed by atoms with E-state index in [1.54, 1.807) is 0 Å². The van der Waals surface area contributed by atoms with E-state index in [4.69, 9.17) is 0 Å². The van der Waals surface area contributed by atoms with E-state index in [0.29, 0.717) is 0 Å². The van der Waals surface area contributed by atoms with E-state index in [9.17, 15) is 0 Å². The molecule has 0 heterocycles. The van der Waals surface area contributed by atoms with Crippen LogP contribution in [0.15, 0.2) is 0 Å². The molecule has 0 aliphatic heterocycles. The average Bonchev–Trinajstić information content (AvgIpc) is 2.46. The minimum Gasteiger partial charge on any atom is -0.314 e. The molecule has 1 rings (SSSR count). The molecule has 2 unspecified atom stereocenters. The van der Waals surface area contributed by atoms with Gasteiger partial charge in [-0.05, 0) is 31.7 Å². The summed E-state index contributed by atoms with van der Waals surface area (Å²) in [5.74, 6) is 0.923. The highest BCUT2D eigenvalue weighted by Gasteiger charge is 2.21. The van der Waals surface area contributed by atoms with Crippen LogP contribution in [0, 0.1) is 5.92 Å². The molecule has 0 bridgehead atoms. The average molecular weight is 169 g/mol. The monoisotopic (exact) mass is 169 g/mol. The molecule has 1 saturated carbocycles. The van der Waals surface area contributed by atoms with Crippen molar-refractivity contribution in [2.45, 2.75) is 58.4 Å². The van der Waals surface area contributed by atoms with Gasteiger partial charge in [-0.2, -0.15) is 0 Å². The van der Waals surface area contributed by atoms with E-state index in [2.05, 4.69) is 19.2 Å². The van der Waals surface area contributed by atoms with Gasteiger partial charge < -0.3 is 5.32 Å². The molecular formula is C11H23N. The number of unbranched alkanes of at least 4 members (excludes halogenated alkanes) is 2. The Balaban J connectivity index is 1.98. The number of nitrogens with one attached hydrogen (secondary N) is 1. The van der Waals surface area contributed by atoms with Gasteiger partial charge >= 0.3 is 0 Å². The van der Waals surface area contributed by atoms with Gasteiger partial charge in [0.2, 0.25) is 0 Å². The van der Waals surface area contributed by atoms with Crippen LogP contribution in [0.2, 0.25) is 0 Å². The number of rotatable bonds is 5. The van der Waals surface area contributed by atoms with E-state index in [-0.39, 0.29) is 0 Å². The summed E-state index contributed by atoms with van der Waals surface area (Å²) in [5.41, 5.74) is 0. The lowest BCUT2D eigenvalue weighted by Gasteiger charge is -2.16. The fourth-order valence-corrected chi connectivity index (χ4v) is 2.11. The fourth-order valence-electron chi connectivity index (χ4n) is 2.11. The first kappa shape index (κ1) is 10.0. The zero-order chi connectivity index (χ0) is 8.81. The first-order valence-corrected chi connectivity index (χ1v) is 5.58. The molecule has 12 heavy (non-hydrogen) atoms. The van der Waals surface area contributed by atoms with Crippen molar-refractivity contribution in [1.29, 1.82) is 0 Å². The smallest absolute Gasteiger partial charge is 0.00926 e. The molecule has 0 amide bonds. The molecule has 1 aliphatic rings. The second-order valence-electron chi connectivity index (χ2n) is 4.18. The molecule has 0 aromatic carbocycles. The zero-order valence-corrected chi connectivity index (χ0v) is 8.60. The summed E-state index contributed by atoms with van der Waals surface area (Å²) in [7, 11) is 0. The lowest BCUT2D eigenvalue weighted by Crippen LogP contribution is -2.31. The molecule has 2 atom stereocenters. The summed E-state index contributed by atoms with van der Waals surface area (Å²) >= 11 is 0. The van der Waals surface area contributed by atoms with Crippen molar-refractivity contribution in [2.75, 3.05) is 6.54 Å². The van der Waals surface area contributed by atoms with Gasteiger partial charge in [0, 0.05) is 6.04 Å². The first-order valence-electron chi connectivity index (χ1n) is 5.58. The van der Waals surface area contributed by atoms with Crippen molar-refractivity contribution >= 4 is 0 Å². The molecule has 0 aromatic rings. The highest BCUT2D eigenvalue weighted by atomic mass is 14.9. The van der Waals surface area contributed by atoms with Gasteiger partial charge in [-0.1, -0.05) is 33.1 Å². The Kier molecular flexibility index (Phi) is 4.67. The third-order valence-corrected chi connectivity index (χ3v) is 3.05. The maximum atomic E-state index is 3.67. The molecule has 1 heteroatoms. The molecule has 1 nitrogen and oxygen atoms in total. The van der Waals surface area contributed by atoms with E-state index in [0.717, 1.165) is 12.0 Å². The van der Waals surface area contributed by atoms with Gasteiger partial charge in [-0.15, -0.1) is 0 Å². The van der Waals surface area contributed by atoms with Crippen molar-refractivity contribution in [3.63, 3.8) is 0 Å². The Morgan fingerprint density at radius 2 is 2.08 bits per heavy atom. The Morgan fingerprint density at radius 3 is 2.67 bits per heavy atom. The molecular weight excluding hydrogens is 146 g/mol. The van der Waals surface area contributed by atoms with Crippen molar-refractivity contribution in [2.24, 2.45) is 5.92 Å². The van der Waals surface area contributed by atoms with Gasteiger partial charge in [0.25, 0.3) is 0 Å². The van der Waals surface area contributed by atoms with Crippen LogP contribution in [0.5, 0.6) is 0 Å². The first-order chi connectivity index (χ1) is 5.84. The normalized spacial score (nSPS) is 29.5. The van der Waals surface area contributed by atoms with Gasteiger partial charge in [-0.3, -0.25) is 0 Å². The summed E-state index contributed by atoms with van der Waals surface area (Å²) in [6.07, 6.45) is 8.36. The third kappa shape index (κ3) is 3.14. The largest absolute Gasteiger partial charge is 0.314 e. The molecule has 0 saturated heterocycles. The Hall–Kier alpha value is -0.0400. The maximum Gasteiger partial charge on any atom is 0.00926 e. The maximum absolute atomic E-state index is 3.67. The van der Waals surface area contributed by atoms with Gasteiger partial charge in [0.1, 0.15) is 0 Å². The molecule has 0 aromatic heterocycles. The highest BCUT2D eigenvalue weighted by Crippen LogP contribution is 2.24. The standard InChI is InChI=1S/C11H23N/c1-3-4-5-9-12-11-8-6-7-10(11)2/h10-12H,3-9H2,1-2H3. The van der Waals surface area contributed by atoms with Crippen LogP contribution < -0.4 is 5.32 Å². The van der Waals surface area contributed by atoms with Crippen molar-refractivity contribution in [3.8, 4) is 0 Å². The Morgan fingerprint density at radius 1 is 1.25 bits per heavy atom. The van der Waals surface area contributed by atoms with Crippen molar-refractivity contribution < 1.29 is 0 Å². The van der Waals surface area contributed by atoms with Crippen molar-refractivity contribution in [1.82, 2.24) is 5.32 Å². The lowest BCUT2D eigenvalue weighted by atomic mass is 10.1. The quantitative estimate of drug-likeness (QED) is 0.624. The second kappa shape index (κ2) is 5.58. The molecule has 0 radical (unpaired) electrons. The van der Waals surface area contributed by atoms with Crippen LogP contribution in [0.3, 0.4) is 0 Å². The predicted octanol–water partition coefficient (Wildman–Crippen LogP) is 2.95. The number of hydrogen-bond acceptors (Lipinski definition) is 1. The molecule has 1 N–H and O–H groups in total. The van der Waals surface area contributed by atoms with Crippen LogP contribution in [0.1, 0.15) is 52.4 Å². The summed E-state index contributed by atoms with van der Waals surface area (Å²) in [4.78, 5) is 0. The van der Waals surface area contributed by atoms with Gasteiger partial charge in [0.15, 0.2) is 0 Å². The van der Waals surface area contributed by atoms with Crippen LogP contribution in [-0.2, 0) is 0 Å². The molecule has 72 valence electrons. The SMILES string of the molecule is CCCCCNC1CCCC1C.